The van der Waals surface area contributed by atoms with Crippen LogP contribution in [0, 0.1) is 37.3 Å². The Morgan fingerprint density at radius 1 is 0.900 bits per heavy atom. The lowest BCUT2D eigenvalue weighted by Crippen LogP contribution is -2.00. The number of non-ortho nitro benzene ring substituents is 1. The summed E-state index contributed by atoms with van der Waals surface area (Å²) in [6, 6.07) is 10.3. The molecule has 2 aromatic carbocycles. The van der Waals surface area contributed by atoms with Crippen LogP contribution in [0.2, 0.25) is 5.15 Å². The zero-order valence-corrected chi connectivity index (χ0v) is 16.0. The van der Waals surface area contributed by atoms with Gasteiger partial charge in [-0.1, -0.05) is 29.8 Å². The SMILES string of the molecule is Cc1nn(-c2ccccc2)c(Cl)c1C=Cc1c([N+](=O)[O-])cc([N+](=O)[O-])cc1[N+](=O)[O-]. The average molecular weight is 430 g/mol. The molecule has 3 aromatic rings. The summed E-state index contributed by atoms with van der Waals surface area (Å²) in [4.78, 5) is 31.0. The molecule has 0 N–H and O–H groups in total. The summed E-state index contributed by atoms with van der Waals surface area (Å²) in [7, 11) is 0. The Hall–Kier alpha value is -4.12. The van der Waals surface area contributed by atoms with E-state index in [1.165, 1.54) is 10.8 Å². The highest BCUT2D eigenvalue weighted by Gasteiger charge is 2.29. The molecule has 0 aliphatic rings. The molecule has 11 nitrogen and oxygen atoms in total. The number of hydrogen-bond acceptors (Lipinski definition) is 7. The molecule has 0 radical (unpaired) electrons. The van der Waals surface area contributed by atoms with Crippen LogP contribution < -0.4 is 0 Å². The molecule has 0 spiro atoms. The number of nitro groups is 3. The minimum atomic E-state index is -0.932. The number of rotatable bonds is 6. The van der Waals surface area contributed by atoms with Crippen molar-refractivity contribution in [1.29, 1.82) is 0 Å². The summed E-state index contributed by atoms with van der Waals surface area (Å²) >= 11 is 6.39. The van der Waals surface area contributed by atoms with Gasteiger partial charge in [-0.05, 0) is 31.2 Å². The van der Waals surface area contributed by atoms with Gasteiger partial charge in [0.25, 0.3) is 17.1 Å². The molecule has 0 bridgehead atoms. The molecule has 1 aromatic heterocycles. The van der Waals surface area contributed by atoms with Gasteiger partial charge < -0.3 is 0 Å². The first-order valence-electron chi connectivity index (χ1n) is 8.30. The highest BCUT2D eigenvalue weighted by atomic mass is 35.5. The number of halogens is 1. The van der Waals surface area contributed by atoms with Crippen LogP contribution >= 0.6 is 11.6 Å². The fraction of sp³-hybridized carbons (Fsp3) is 0.0556. The maximum atomic E-state index is 11.4. The van der Waals surface area contributed by atoms with E-state index < -0.39 is 37.4 Å². The lowest BCUT2D eigenvalue weighted by molar-refractivity contribution is -0.403. The standard InChI is InChI=1S/C18H12ClN5O6/c1-11-14(18(19)21(20-11)12-5-3-2-4-6-12)7-8-15-16(23(27)28)9-13(22(25)26)10-17(15)24(29)30/h2-10H,1H3. The molecule has 0 aliphatic heterocycles. The Labute approximate surface area is 173 Å². The van der Waals surface area contributed by atoms with E-state index in [2.05, 4.69) is 5.10 Å². The van der Waals surface area contributed by atoms with E-state index in [1.807, 2.05) is 6.07 Å². The number of aryl methyl sites for hydroxylation is 1. The first kappa shape index (κ1) is 20.6. The number of nitro benzene ring substituents is 3. The number of aromatic nitrogens is 2. The van der Waals surface area contributed by atoms with Gasteiger partial charge in [0.05, 0.1) is 38.3 Å². The minimum Gasteiger partial charge on any atom is -0.258 e. The summed E-state index contributed by atoms with van der Waals surface area (Å²) in [6.07, 6.45) is 2.48. The van der Waals surface area contributed by atoms with Crippen LogP contribution in [0.4, 0.5) is 17.1 Å². The van der Waals surface area contributed by atoms with Crippen molar-refractivity contribution in [3.63, 3.8) is 0 Å². The Balaban J connectivity index is 2.15. The van der Waals surface area contributed by atoms with Crippen LogP contribution in [-0.4, -0.2) is 24.6 Å². The molecule has 3 rings (SSSR count). The fourth-order valence-corrected chi connectivity index (χ4v) is 3.13. The van der Waals surface area contributed by atoms with Crippen molar-refractivity contribution in [1.82, 2.24) is 9.78 Å². The molecule has 30 heavy (non-hydrogen) atoms. The zero-order chi connectivity index (χ0) is 22.0. The van der Waals surface area contributed by atoms with Crippen molar-refractivity contribution in [2.45, 2.75) is 6.92 Å². The summed E-state index contributed by atoms with van der Waals surface area (Å²) in [5.74, 6) is 0. The molecule has 0 saturated carbocycles. The predicted molar refractivity (Wildman–Crippen MR) is 109 cm³/mol. The van der Waals surface area contributed by atoms with Gasteiger partial charge in [-0.15, -0.1) is 0 Å². The molecule has 0 fully saturated rings. The molecule has 0 unspecified atom stereocenters. The van der Waals surface area contributed by atoms with Crippen molar-refractivity contribution in [3.05, 3.63) is 94.8 Å². The van der Waals surface area contributed by atoms with E-state index >= 15 is 0 Å². The van der Waals surface area contributed by atoms with Crippen molar-refractivity contribution >= 4 is 40.8 Å². The largest absolute Gasteiger partial charge is 0.290 e. The van der Waals surface area contributed by atoms with Crippen molar-refractivity contribution < 1.29 is 14.8 Å². The molecular formula is C18H12ClN5O6. The van der Waals surface area contributed by atoms with E-state index in [0.717, 1.165) is 6.08 Å². The second-order valence-corrected chi connectivity index (χ2v) is 6.40. The first-order valence-corrected chi connectivity index (χ1v) is 8.68. The molecule has 0 atom stereocenters. The first-order chi connectivity index (χ1) is 14.2. The summed E-state index contributed by atoms with van der Waals surface area (Å²) in [5.41, 5.74) is -1.13. The van der Waals surface area contributed by atoms with Crippen LogP contribution in [0.5, 0.6) is 0 Å². The molecular weight excluding hydrogens is 418 g/mol. The summed E-state index contributed by atoms with van der Waals surface area (Å²) in [6.45, 7) is 1.66. The number of para-hydroxylation sites is 1. The Morgan fingerprint density at radius 2 is 1.43 bits per heavy atom. The van der Waals surface area contributed by atoms with Crippen molar-refractivity contribution in [3.8, 4) is 5.69 Å². The number of nitrogens with zero attached hydrogens (tertiary/aromatic N) is 5. The maximum absolute atomic E-state index is 11.4. The third kappa shape index (κ3) is 3.86. The van der Waals surface area contributed by atoms with Crippen LogP contribution in [0.1, 0.15) is 16.8 Å². The zero-order valence-electron chi connectivity index (χ0n) is 15.3. The highest BCUT2D eigenvalue weighted by Crippen LogP contribution is 2.36. The normalized spacial score (nSPS) is 11.0. The van der Waals surface area contributed by atoms with Gasteiger partial charge in [0.15, 0.2) is 0 Å². The molecule has 152 valence electrons. The maximum Gasteiger partial charge on any atom is 0.290 e. The monoisotopic (exact) mass is 429 g/mol. The quantitative estimate of drug-likeness (QED) is 0.406. The fourth-order valence-electron chi connectivity index (χ4n) is 2.79. The summed E-state index contributed by atoms with van der Waals surface area (Å²) in [5, 5.41) is 38.3. The van der Waals surface area contributed by atoms with E-state index in [0.29, 0.717) is 29.1 Å². The third-order valence-electron chi connectivity index (χ3n) is 4.19. The topological polar surface area (TPSA) is 147 Å². The van der Waals surface area contributed by atoms with Gasteiger partial charge in [-0.3, -0.25) is 30.3 Å². The number of hydrogen-bond donors (Lipinski definition) is 0. The van der Waals surface area contributed by atoms with E-state index in [-0.39, 0.29) is 5.15 Å². The molecule has 12 heteroatoms. The van der Waals surface area contributed by atoms with Gasteiger partial charge in [0.1, 0.15) is 10.7 Å². The van der Waals surface area contributed by atoms with Crippen molar-refractivity contribution in [2.24, 2.45) is 0 Å². The van der Waals surface area contributed by atoms with Crippen molar-refractivity contribution in [2.75, 3.05) is 0 Å². The van der Waals surface area contributed by atoms with E-state index in [1.54, 1.807) is 31.2 Å². The highest BCUT2D eigenvalue weighted by molar-refractivity contribution is 6.31. The van der Waals surface area contributed by atoms with E-state index in [4.69, 9.17) is 11.6 Å². The lowest BCUT2D eigenvalue weighted by Gasteiger charge is -2.02. The van der Waals surface area contributed by atoms with Crippen LogP contribution in [-0.2, 0) is 0 Å². The smallest absolute Gasteiger partial charge is 0.258 e. The van der Waals surface area contributed by atoms with E-state index in [9.17, 15) is 30.3 Å². The molecule has 0 amide bonds. The lowest BCUT2D eigenvalue weighted by atomic mass is 10.1. The summed E-state index contributed by atoms with van der Waals surface area (Å²) < 4.78 is 1.45. The van der Waals surface area contributed by atoms with Crippen LogP contribution in [0.15, 0.2) is 42.5 Å². The third-order valence-corrected chi connectivity index (χ3v) is 4.55. The van der Waals surface area contributed by atoms with Gasteiger partial charge in [-0.25, -0.2) is 4.68 Å². The minimum absolute atomic E-state index is 0.196. The molecule has 0 aliphatic carbocycles. The average Bonchev–Trinajstić information content (AvgIpc) is 2.99. The molecule has 0 saturated heterocycles. The Kier molecular flexibility index (Phi) is 5.56. The number of benzene rings is 2. The van der Waals surface area contributed by atoms with Gasteiger partial charge in [0.2, 0.25) is 0 Å². The van der Waals surface area contributed by atoms with Crippen LogP contribution in [0.3, 0.4) is 0 Å². The van der Waals surface area contributed by atoms with Gasteiger partial charge in [0, 0.05) is 5.56 Å². The Bertz CT molecular complexity index is 1170. The van der Waals surface area contributed by atoms with Gasteiger partial charge >= 0.3 is 0 Å². The Morgan fingerprint density at radius 3 is 1.93 bits per heavy atom. The molecule has 1 heterocycles. The van der Waals surface area contributed by atoms with Gasteiger partial charge in [-0.2, -0.15) is 5.10 Å². The second-order valence-electron chi connectivity index (χ2n) is 6.04. The van der Waals surface area contributed by atoms with Crippen LogP contribution in [0.25, 0.3) is 17.8 Å². The second kappa shape index (κ2) is 8.09. The predicted octanol–water partition coefficient (Wildman–Crippen LogP) is 4.73.